The van der Waals surface area contributed by atoms with Gasteiger partial charge in [0.2, 0.25) is 0 Å². The quantitative estimate of drug-likeness (QED) is 0.771. The van der Waals surface area contributed by atoms with Gasteiger partial charge < -0.3 is 10.1 Å². The van der Waals surface area contributed by atoms with Crippen LogP contribution < -0.4 is 5.32 Å². The molecule has 1 heterocycles. The smallest absolute Gasteiger partial charge is 0.109 e. The first-order valence-corrected chi connectivity index (χ1v) is 6.31. The van der Waals surface area contributed by atoms with Crippen molar-refractivity contribution in [2.24, 2.45) is 11.8 Å². The van der Waals surface area contributed by atoms with Gasteiger partial charge in [-0.2, -0.15) is 0 Å². The predicted octanol–water partition coefficient (Wildman–Crippen LogP) is 2.70. The van der Waals surface area contributed by atoms with Gasteiger partial charge >= 0.3 is 0 Å². The Bertz CT molecular complexity index is 237. The second kappa shape index (κ2) is 5.02. The summed E-state index contributed by atoms with van der Waals surface area (Å²) in [5, 5.41) is 3.44. The zero-order valence-corrected chi connectivity index (χ0v) is 9.96. The van der Waals surface area contributed by atoms with Crippen molar-refractivity contribution < 1.29 is 4.74 Å². The van der Waals surface area contributed by atoms with E-state index >= 15 is 0 Å². The lowest BCUT2D eigenvalue weighted by Crippen LogP contribution is -2.38. The summed E-state index contributed by atoms with van der Waals surface area (Å²) in [6, 6.07) is 0.468. The van der Waals surface area contributed by atoms with Crippen molar-refractivity contribution in [3.05, 3.63) is 11.8 Å². The molecular formula is C13H23NO. The van der Waals surface area contributed by atoms with Crippen molar-refractivity contribution in [1.82, 2.24) is 5.32 Å². The van der Waals surface area contributed by atoms with Gasteiger partial charge in [0.05, 0.1) is 12.6 Å². The Kier molecular flexibility index (Phi) is 3.68. The first kappa shape index (κ1) is 11.0. The predicted molar refractivity (Wildman–Crippen MR) is 62.6 cm³/mol. The highest BCUT2D eigenvalue weighted by atomic mass is 16.5. The minimum atomic E-state index is 0.468. The van der Waals surface area contributed by atoms with Crippen molar-refractivity contribution in [2.75, 3.05) is 13.7 Å². The Morgan fingerprint density at radius 1 is 1.47 bits per heavy atom. The highest BCUT2D eigenvalue weighted by molar-refractivity contribution is 5.09. The summed E-state index contributed by atoms with van der Waals surface area (Å²) in [5.74, 6) is 2.88. The van der Waals surface area contributed by atoms with Crippen LogP contribution in [0.3, 0.4) is 0 Å². The van der Waals surface area contributed by atoms with E-state index in [9.17, 15) is 0 Å². The van der Waals surface area contributed by atoms with E-state index in [1.807, 2.05) is 0 Å². The molecule has 2 nitrogen and oxygen atoms in total. The van der Waals surface area contributed by atoms with E-state index in [1.54, 1.807) is 0 Å². The molecule has 0 saturated heterocycles. The number of hydrogen-bond donors (Lipinski definition) is 1. The maximum Gasteiger partial charge on any atom is 0.109 e. The van der Waals surface area contributed by atoms with Gasteiger partial charge in [0.25, 0.3) is 0 Å². The second-order valence-corrected chi connectivity index (χ2v) is 5.04. The molecular weight excluding hydrogens is 186 g/mol. The topological polar surface area (TPSA) is 21.3 Å². The van der Waals surface area contributed by atoms with Crippen LogP contribution in [-0.4, -0.2) is 19.7 Å². The van der Waals surface area contributed by atoms with Crippen molar-refractivity contribution in [1.29, 1.82) is 0 Å². The number of likely N-dealkylation sites (N-methyl/N-ethyl adjacent to an activating group) is 1. The molecule has 1 N–H and O–H groups in total. The molecule has 0 amide bonds. The second-order valence-electron chi connectivity index (χ2n) is 5.04. The Morgan fingerprint density at radius 3 is 2.93 bits per heavy atom. The lowest BCUT2D eigenvalue weighted by Gasteiger charge is -2.33. The maximum absolute atomic E-state index is 5.69. The standard InChI is InChI=1S/C13H23NO/c1-10-5-3-6-11(9-10)13(14-2)12-7-4-8-15-12/h7,10-11,13-14H,3-6,8-9H2,1-2H3. The SMILES string of the molecule is CNC(C1=CCCO1)C1CCCC(C)C1. The summed E-state index contributed by atoms with van der Waals surface area (Å²) in [7, 11) is 2.06. The van der Waals surface area contributed by atoms with Crippen LogP contribution in [0.25, 0.3) is 0 Å². The molecule has 0 aromatic heterocycles. The fourth-order valence-corrected chi connectivity index (χ4v) is 3.05. The van der Waals surface area contributed by atoms with Gasteiger partial charge in [-0.15, -0.1) is 0 Å². The largest absolute Gasteiger partial charge is 0.496 e. The molecule has 0 bridgehead atoms. The molecule has 2 aliphatic rings. The maximum atomic E-state index is 5.69. The molecule has 86 valence electrons. The van der Waals surface area contributed by atoms with E-state index in [0.29, 0.717) is 6.04 Å². The molecule has 1 aliphatic carbocycles. The molecule has 0 aromatic rings. The molecule has 15 heavy (non-hydrogen) atoms. The minimum absolute atomic E-state index is 0.468. The van der Waals surface area contributed by atoms with Gasteiger partial charge in [-0.05, 0) is 37.8 Å². The Balaban J connectivity index is 1.98. The molecule has 0 radical (unpaired) electrons. The Hall–Kier alpha value is -0.500. The van der Waals surface area contributed by atoms with E-state index < -0.39 is 0 Å². The molecule has 1 saturated carbocycles. The average molecular weight is 209 g/mol. The number of nitrogens with one attached hydrogen (secondary N) is 1. The first-order valence-electron chi connectivity index (χ1n) is 6.31. The van der Waals surface area contributed by atoms with E-state index in [2.05, 4.69) is 25.4 Å². The normalized spacial score (nSPS) is 33.3. The third-order valence-corrected chi connectivity index (χ3v) is 3.80. The van der Waals surface area contributed by atoms with Gasteiger partial charge in [-0.1, -0.05) is 19.8 Å². The Labute approximate surface area is 93.1 Å². The molecule has 2 heteroatoms. The van der Waals surface area contributed by atoms with Crippen LogP contribution in [0.1, 0.15) is 39.0 Å². The monoisotopic (exact) mass is 209 g/mol. The molecule has 3 atom stereocenters. The van der Waals surface area contributed by atoms with Crippen molar-refractivity contribution in [3.63, 3.8) is 0 Å². The van der Waals surface area contributed by atoms with Gasteiger partial charge in [0, 0.05) is 6.42 Å². The highest BCUT2D eigenvalue weighted by Crippen LogP contribution is 2.34. The third kappa shape index (κ3) is 2.54. The minimum Gasteiger partial charge on any atom is -0.496 e. The molecule has 3 unspecified atom stereocenters. The van der Waals surface area contributed by atoms with Crippen LogP contribution in [-0.2, 0) is 4.74 Å². The highest BCUT2D eigenvalue weighted by Gasteiger charge is 2.29. The number of ether oxygens (including phenoxy) is 1. The lowest BCUT2D eigenvalue weighted by molar-refractivity contribution is 0.166. The van der Waals surface area contributed by atoms with E-state index in [0.717, 1.165) is 24.9 Å². The lowest BCUT2D eigenvalue weighted by atomic mass is 9.78. The zero-order chi connectivity index (χ0) is 10.7. The first-order chi connectivity index (χ1) is 7.31. The number of rotatable bonds is 3. The van der Waals surface area contributed by atoms with Crippen LogP contribution in [0.2, 0.25) is 0 Å². The summed E-state index contributed by atoms with van der Waals surface area (Å²) in [5.41, 5.74) is 0. The van der Waals surface area contributed by atoms with Crippen molar-refractivity contribution in [2.45, 2.75) is 45.1 Å². The summed E-state index contributed by atoms with van der Waals surface area (Å²) < 4.78 is 5.69. The zero-order valence-electron chi connectivity index (χ0n) is 9.96. The van der Waals surface area contributed by atoms with Crippen molar-refractivity contribution >= 4 is 0 Å². The van der Waals surface area contributed by atoms with Crippen LogP contribution >= 0.6 is 0 Å². The third-order valence-electron chi connectivity index (χ3n) is 3.80. The molecule has 0 spiro atoms. The van der Waals surface area contributed by atoms with Gasteiger partial charge in [0.15, 0.2) is 0 Å². The van der Waals surface area contributed by atoms with Crippen LogP contribution in [0, 0.1) is 11.8 Å². The summed E-state index contributed by atoms with van der Waals surface area (Å²) in [4.78, 5) is 0. The van der Waals surface area contributed by atoms with Crippen LogP contribution in [0.4, 0.5) is 0 Å². The molecule has 2 rings (SSSR count). The fourth-order valence-electron chi connectivity index (χ4n) is 3.05. The van der Waals surface area contributed by atoms with Crippen LogP contribution in [0.5, 0.6) is 0 Å². The molecule has 1 aliphatic heterocycles. The molecule has 0 aromatic carbocycles. The van der Waals surface area contributed by atoms with E-state index in [4.69, 9.17) is 4.74 Å². The van der Waals surface area contributed by atoms with Gasteiger partial charge in [-0.25, -0.2) is 0 Å². The molecule has 1 fully saturated rings. The Morgan fingerprint density at radius 2 is 2.33 bits per heavy atom. The van der Waals surface area contributed by atoms with Crippen molar-refractivity contribution in [3.8, 4) is 0 Å². The fraction of sp³-hybridized carbons (Fsp3) is 0.846. The number of hydrogen-bond acceptors (Lipinski definition) is 2. The summed E-state index contributed by atoms with van der Waals surface area (Å²) >= 11 is 0. The van der Waals surface area contributed by atoms with Gasteiger partial charge in [-0.3, -0.25) is 0 Å². The van der Waals surface area contributed by atoms with E-state index in [-0.39, 0.29) is 0 Å². The van der Waals surface area contributed by atoms with Gasteiger partial charge in [0.1, 0.15) is 5.76 Å². The van der Waals surface area contributed by atoms with E-state index in [1.165, 1.54) is 31.4 Å². The summed E-state index contributed by atoms with van der Waals surface area (Å²) in [6.07, 6.45) is 8.86. The average Bonchev–Trinajstić information content (AvgIpc) is 2.72. The summed E-state index contributed by atoms with van der Waals surface area (Å²) in [6.45, 7) is 3.26. The van der Waals surface area contributed by atoms with Crippen LogP contribution in [0.15, 0.2) is 11.8 Å².